The number of rotatable bonds is 3. The Labute approximate surface area is 105 Å². The van der Waals surface area contributed by atoms with Crippen molar-refractivity contribution in [3.63, 3.8) is 0 Å². The Kier molecular flexibility index (Phi) is 3.45. The van der Waals surface area contributed by atoms with Crippen LogP contribution in [0.2, 0.25) is 5.02 Å². The first-order chi connectivity index (χ1) is 8.08. The zero-order valence-corrected chi connectivity index (χ0v) is 10.6. The van der Waals surface area contributed by atoms with Crippen LogP contribution in [0.3, 0.4) is 0 Å². The van der Waals surface area contributed by atoms with Crippen LogP contribution < -0.4 is 5.73 Å². The monoisotopic (exact) mass is 250 g/mol. The van der Waals surface area contributed by atoms with Gasteiger partial charge >= 0.3 is 0 Å². The van der Waals surface area contributed by atoms with Gasteiger partial charge in [0.15, 0.2) is 0 Å². The number of hydrogen-bond donors (Lipinski definition) is 1. The van der Waals surface area contributed by atoms with Crippen molar-refractivity contribution >= 4 is 11.6 Å². The maximum Gasteiger partial charge on any atom is 0.0637 e. The van der Waals surface area contributed by atoms with Crippen LogP contribution in [0.25, 0.3) is 0 Å². The second-order valence-corrected chi connectivity index (χ2v) is 4.52. The van der Waals surface area contributed by atoms with Crippen LogP contribution >= 0.6 is 11.6 Å². The fraction of sp³-hybridized carbons (Fsp3) is 0.333. The van der Waals surface area contributed by atoms with Crippen molar-refractivity contribution in [2.75, 3.05) is 0 Å². The van der Waals surface area contributed by atoms with E-state index >= 15 is 0 Å². The van der Waals surface area contributed by atoms with Gasteiger partial charge in [-0.1, -0.05) is 11.6 Å². The predicted molar refractivity (Wildman–Crippen MR) is 67.8 cm³/mol. The summed E-state index contributed by atoms with van der Waals surface area (Å²) in [6.45, 7) is 1.97. The summed E-state index contributed by atoms with van der Waals surface area (Å²) in [5.74, 6) is 0. The quantitative estimate of drug-likeness (QED) is 0.907. The largest absolute Gasteiger partial charge is 0.324 e. The van der Waals surface area contributed by atoms with Gasteiger partial charge in [0.05, 0.1) is 10.7 Å². The highest BCUT2D eigenvalue weighted by atomic mass is 35.5. The third kappa shape index (κ3) is 2.65. The molecule has 0 aliphatic carbocycles. The van der Waals surface area contributed by atoms with Crippen molar-refractivity contribution in [1.29, 1.82) is 0 Å². The molecule has 0 spiro atoms. The van der Waals surface area contributed by atoms with Gasteiger partial charge in [0.25, 0.3) is 0 Å². The average Bonchev–Trinajstić information content (AvgIpc) is 2.58. The van der Waals surface area contributed by atoms with Crippen LogP contribution in [0.15, 0.2) is 24.5 Å². The topological polar surface area (TPSA) is 56.7 Å². The summed E-state index contributed by atoms with van der Waals surface area (Å²) in [7, 11) is 1.92. The second-order valence-electron chi connectivity index (χ2n) is 4.11. The van der Waals surface area contributed by atoms with E-state index in [1.165, 1.54) is 0 Å². The molecule has 0 amide bonds. The molecule has 0 aromatic carbocycles. The number of aromatic nitrogens is 3. The molecule has 0 fully saturated rings. The van der Waals surface area contributed by atoms with Crippen LogP contribution in [0, 0.1) is 6.92 Å². The molecule has 0 radical (unpaired) electrons. The molecule has 17 heavy (non-hydrogen) atoms. The molecule has 2 N–H and O–H groups in total. The zero-order chi connectivity index (χ0) is 12.4. The Hall–Kier alpha value is -1.39. The van der Waals surface area contributed by atoms with Gasteiger partial charge < -0.3 is 5.73 Å². The van der Waals surface area contributed by atoms with Crippen LogP contribution in [0.4, 0.5) is 0 Å². The Morgan fingerprint density at radius 1 is 1.53 bits per heavy atom. The number of pyridine rings is 1. The highest BCUT2D eigenvalue weighted by molar-refractivity contribution is 6.31. The van der Waals surface area contributed by atoms with Crippen LogP contribution in [0.1, 0.15) is 23.0 Å². The second kappa shape index (κ2) is 4.85. The first-order valence-electron chi connectivity index (χ1n) is 5.42. The van der Waals surface area contributed by atoms with Gasteiger partial charge in [0, 0.05) is 37.6 Å². The summed E-state index contributed by atoms with van der Waals surface area (Å²) in [5, 5.41) is 4.91. The molecule has 90 valence electrons. The molecule has 0 bridgehead atoms. The molecule has 0 saturated carbocycles. The van der Waals surface area contributed by atoms with Crippen LogP contribution in [0.5, 0.6) is 0 Å². The number of nitrogens with zero attached hydrogens (tertiary/aromatic N) is 3. The smallest absolute Gasteiger partial charge is 0.0637 e. The lowest BCUT2D eigenvalue weighted by Crippen LogP contribution is -2.16. The maximum absolute atomic E-state index is 6.15. The number of nitrogens with two attached hydrogens (primary N) is 1. The molecular formula is C12H15ClN4. The van der Waals surface area contributed by atoms with Gasteiger partial charge in [0.2, 0.25) is 0 Å². The molecule has 4 nitrogen and oxygen atoms in total. The van der Waals surface area contributed by atoms with E-state index < -0.39 is 0 Å². The average molecular weight is 251 g/mol. The van der Waals surface area contributed by atoms with Crippen molar-refractivity contribution in [2.24, 2.45) is 12.8 Å². The summed E-state index contributed by atoms with van der Waals surface area (Å²) in [6.07, 6.45) is 4.03. The molecule has 1 unspecified atom stereocenters. The lowest BCUT2D eigenvalue weighted by atomic mass is 10.0. The fourth-order valence-corrected chi connectivity index (χ4v) is 2.14. The van der Waals surface area contributed by atoms with Crippen molar-refractivity contribution < 1.29 is 0 Å². The highest BCUT2D eigenvalue weighted by Crippen LogP contribution is 2.22. The first-order valence-corrected chi connectivity index (χ1v) is 5.80. The lowest BCUT2D eigenvalue weighted by Gasteiger charge is -2.13. The van der Waals surface area contributed by atoms with E-state index in [9.17, 15) is 0 Å². The SMILES string of the molecule is Cc1cc(CC(N)c2ccncc2Cl)n(C)n1. The van der Waals surface area contributed by atoms with Gasteiger partial charge in [-0.3, -0.25) is 9.67 Å². The summed E-state index contributed by atoms with van der Waals surface area (Å²) in [6, 6.07) is 3.76. The lowest BCUT2D eigenvalue weighted by molar-refractivity contribution is 0.639. The molecule has 2 rings (SSSR count). The Balaban J connectivity index is 2.20. The predicted octanol–water partition coefficient (Wildman–Crippen LogP) is 2.02. The molecule has 2 aromatic heterocycles. The van der Waals surface area contributed by atoms with E-state index in [0.29, 0.717) is 11.4 Å². The standard InChI is InChI=1S/C12H15ClN4/c1-8-5-9(17(2)16-8)6-12(14)10-3-4-15-7-11(10)13/h3-5,7,12H,6,14H2,1-2H3. The van der Waals surface area contributed by atoms with Gasteiger partial charge in [-0.2, -0.15) is 5.10 Å². The van der Waals surface area contributed by atoms with Gasteiger partial charge in [0.1, 0.15) is 0 Å². The van der Waals surface area contributed by atoms with Crippen molar-refractivity contribution in [1.82, 2.24) is 14.8 Å². The van der Waals surface area contributed by atoms with Gasteiger partial charge in [-0.15, -0.1) is 0 Å². The van der Waals surface area contributed by atoms with Crippen molar-refractivity contribution in [2.45, 2.75) is 19.4 Å². The summed E-state index contributed by atoms with van der Waals surface area (Å²) >= 11 is 6.07. The Morgan fingerprint density at radius 2 is 2.29 bits per heavy atom. The zero-order valence-electron chi connectivity index (χ0n) is 9.89. The third-order valence-corrected chi connectivity index (χ3v) is 3.05. The molecule has 0 saturated heterocycles. The minimum Gasteiger partial charge on any atom is -0.324 e. The van der Waals surface area contributed by atoms with E-state index in [0.717, 1.165) is 17.0 Å². The van der Waals surface area contributed by atoms with E-state index in [1.807, 2.05) is 30.8 Å². The third-order valence-electron chi connectivity index (χ3n) is 2.73. The van der Waals surface area contributed by atoms with E-state index in [1.54, 1.807) is 12.4 Å². The highest BCUT2D eigenvalue weighted by Gasteiger charge is 2.13. The number of halogens is 1. The molecule has 0 aliphatic rings. The minimum absolute atomic E-state index is 0.139. The molecule has 2 aromatic rings. The number of hydrogen-bond acceptors (Lipinski definition) is 3. The minimum atomic E-state index is -0.139. The van der Waals surface area contributed by atoms with E-state index in [4.69, 9.17) is 17.3 Å². The molecule has 0 aliphatic heterocycles. The molecule has 2 heterocycles. The van der Waals surface area contributed by atoms with Gasteiger partial charge in [-0.05, 0) is 24.6 Å². The first kappa shape index (κ1) is 12.1. The van der Waals surface area contributed by atoms with E-state index in [2.05, 4.69) is 10.1 Å². The van der Waals surface area contributed by atoms with E-state index in [-0.39, 0.29) is 6.04 Å². The molecular weight excluding hydrogens is 236 g/mol. The van der Waals surface area contributed by atoms with Crippen LogP contribution in [-0.2, 0) is 13.5 Å². The molecule has 5 heteroatoms. The number of aryl methyl sites for hydroxylation is 2. The summed E-state index contributed by atoms with van der Waals surface area (Å²) < 4.78 is 1.85. The van der Waals surface area contributed by atoms with Crippen molar-refractivity contribution in [3.8, 4) is 0 Å². The molecule has 1 atom stereocenters. The fourth-order valence-electron chi connectivity index (χ4n) is 1.88. The van der Waals surface area contributed by atoms with Crippen molar-refractivity contribution in [3.05, 3.63) is 46.5 Å². The Morgan fingerprint density at radius 3 is 2.88 bits per heavy atom. The maximum atomic E-state index is 6.15. The summed E-state index contributed by atoms with van der Waals surface area (Å²) in [4.78, 5) is 3.95. The summed E-state index contributed by atoms with van der Waals surface area (Å²) in [5.41, 5.74) is 9.17. The Bertz CT molecular complexity index is 521. The normalized spacial score (nSPS) is 12.7. The van der Waals surface area contributed by atoms with Crippen LogP contribution in [-0.4, -0.2) is 14.8 Å². The van der Waals surface area contributed by atoms with Gasteiger partial charge in [-0.25, -0.2) is 0 Å².